The fourth-order valence-electron chi connectivity index (χ4n) is 7.44. The van der Waals surface area contributed by atoms with Gasteiger partial charge in [0, 0.05) is 19.3 Å². The predicted molar refractivity (Wildman–Crippen MR) is 219 cm³/mol. The maximum absolute atomic E-state index is 13.0. The monoisotopic (exact) mass is 788 g/mol. The molecule has 0 aromatic carbocycles. The summed E-state index contributed by atoms with van der Waals surface area (Å²) in [6.07, 6.45) is 21.6. The molecule has 1 aliphatic heterocycles. The summed E-state index contributed by atoms with van der Waals surface area (Å²) in [5, 5.41) is 65.0. The summed E-state index contributed by atoms with van der Waals surface area (Å²) >= 11 is 0. The van der Waals surface area contributed by atoms with Crippen molar-refractivity contribution in [2.45, 2.75) is 255 Å². The molecule has 1 aliphatic rings. The van der Waals surface area contributed by atoms with E-state index < -0.39 is 55.6 Å². The van der Waals surface area contributed by atoms with Crippen LogP contribution in [-0.2, 0) is 19.1 Å². The Morgan fingerprint density at radius 2 is 1.00 bits per heavy atom. The molecule has 11 nitrogen and oxygen atoms in total. The Morgan fingerprint density at radius 1 is 0.582 bits per heavy atom. The molecule has 1 saturated heterocycles. The third-order valence-electron chi connectivity index (χ3n) is 11.2. The second-order valence-corrected chi connectivity index (χ2v) is 16.3. The predicted octanol–water partition coefficient (Wildman–Crippen LogP) is 7.32. The minimum atomic E-state index is -1.62. The van der Waals surface area contributed by atoms with E-state index in [0.29, 0.717) is 31.5 Å². The summed E-state index contributed by atoms with van der Waals surface area (Å²) in [4.78, 5) is 25.1. The molecule has 1 rings (SSSR count). The SMILES string of the molecule is CCCCCCCCCCCCCC[C@@H](O)[C@@H](O)[C@H](CO[C@H]1OC(CO)[C@H](O)[C@H](O)C1O)NC(=O)CCCCCCCCCC(=O)CCCCCCCCC. The van der Waals surface area contributed by atoms with Crippen LogP contribution in [0.15, 0.2) is 0 Å². The van der Waals surface area contributed by atoms with Gasteiger partial charge in [0.2, 0.25) is 5.91 Å². The third-order valence-corrected chi connectivity index (χ3v) is 11.2. The van der Waals surface area contributed by atoms with E-state index in [4.69, 9.17) is 9.47 Å². The Kier molecular flexibility index (Phi) is 32.8. The lowest BCUT2D eigenvalue weighted by Crippen LogP contribution is -2.60. The van der Waals surface area contributed by atoms with Crippen molar-refractivity contribution in [2.24, 2.45) is 0 Å². The largest absolute Gasteiger partial charge is 0.394 e. The Morgan fingerprint density at radius 3 is 1.45 bits per heavy atom. The van der Waals surface area contributed by atoms with Crippen LogP contribution in [0.2, 0.25) is 0 Å². The second-order valence-electron chi connectivity index (χ2n) is 16.3. The molecule has 0 spiro atoms. The Balaban J connectivity index is 2.41. The lowest BCUT2D eigenvalue weighted by molar-refractivity contribution is -0.303. The Labute approximate surface area is 334 Å². The molecule has 1 amide bonds. The van der Waals surface area contributed by atoms with Crippen molar-refractivity contribution in [3.63, 3.8) is 0 Å². The average Bonchev–Trinajstić information content (AvgIpc) is 3.18. The molecule has 55 heavy (non-hydrogen) atoms. The molecule has 0 bridgehead atoms. The molecular weight excluding hydrogens is 702 g/mol. The summed E-state index contributed by atoms with van der Waals surface area (Å²) in [6.45, 7) is 3.52. The van der Waals surface area contributed by atoms with Crippen molar-refractivity contribution in [3.05, 3.63) is 0 Å². The minimum absolute atomic E-state index is 0.241. The van der Waals surface area contributed by atoms with Crippen LogP contribution in [0, 0.1) is 0 Å². The van der Waals surface area contributed by atoms with Crippen molar-refractivity contribution in [3.8, 4) is 0 Å². The zero-order valence-electron chi connectivity index (χ0n) is 35.1. The van der Waals surface area contributed by atoms with Crippen LogP contribution in [-0.4, -0.2) is 104 Å². The summed E-state index contributed by atoms with van der Waals surface area (Å²) in [6, 6.07) is -1.01. The number of aliphatic hydroxyl groups is 6. The van der Waals surface area contributed by atoms with E-state index in [1.807, 2.05) is 0 Å². The maximum Gasteiger partial charge on any atom is 0.220 e. The standard InChI is InChI=1S/C44H85NO10/c1-3-5-7-9-11-12-13-14-15-19-23-27-31-37(48)40(50)36(34-54-44-43(53)42(52)41(51)38(33-46)55-44)45-39(49)32-28-24-20-16-18-22-26-30-35(47)29-25-21-17-10-8-6-4-2/h36-38,40-44,46,48,50-53H,3-34H2,1-2H3,(H,45,49)/t36-,37+,38?,40-,41-,42-,43?,44-/m0/s1. The van der Waals surface area contributed by atoms with Gasteiger partial charge in [-0.15, -0.1) is 0 Å². The molecular formula is C44H85NO10. The van der Waals surface area contributed by atoms with E-state index in [0.717, 1.165) is 77.0 Å². The van der Waals surface area contributed by atoms with Gasteiger partial charge in [-0.05, 0) is 25.7 Å². The molecule has 2 unspecified atom stereocenters. The van der Waals surface area contributed by atoms with Crippen molar-refractivity contribution < 1.29 is 49.7 Å². The molecule has 0 aliphatic carbocycles. The van der Waals surface area contributed by atoms with Crippen LogP contribution in [0.5, 0.6) is 0 Å². The quantitative estimate of drug-likeness (QED) is 0.0313. The van der Waals surface area contributed by atoms with Crippen molar-refractivity contribution >= 4 is 11.7 Å². The third kappa shape index (κ3) is 25.7. The number of rotatable bonds is 38. The Bertz CT molecular complexity index is 908. The van der Waals surface area contributed by atoms with E-state index in [1.54, 1.807) is 0 Å². The molecule has 11 heteroatoms. The molecule has 8 atom stereocenters. The number of ether oxygens (including phenoxy) is 2. The van der Waals surface area contributed by atoms with E-state index >= 15 is 0 Å². The van der Waals surface area contributed by atoms with E-state index in [-0.39, 0.29) is 18.9 Å². The van der Waals surface area contributed by atoms with Crippen LogP contribution in [0.4, 0.5) is 0 Å². The van der Waals surface area contributed by atoms with E-state index in [2.05, 4.69) is 19.2 Å². The lowest BCUT2D eigenvalue weighted by atomic mass is 9.98. The van der Waals surface area contributed by atoms with Gasteiger partial charge >= 0.3 is 0 Å². The number of carbonyl (C=O) groups is 2. The highest BCUT2D eigenvalue weighted by Gasteiger charge is 2.44. The van der Waals surface area contributed by atoms with E-state index in [9.17, 15) is 40.2 Å². The van der Waals surface area contributed by atoms with Gasteiger partial charge < -0.3 is 45.4 Å². The molecule has 0 aromatic heterocycles. The van der Waals surface area contributed by atoms with Gasteiger partial charge in [0.15, 0.2) is 6.29 Å². The number of hydrogen-bond donors (Lipinski definition) is 7. The zero-order chi connectivity index (χ0) is 40.5. The lowest BCUT2D eigenvalue weighted by Gasteiger charge is -2.40. The van der Waals surface area contributed by atoms with Gasteiger partial charge in [0.25, 0.3) is 0 Å². The van der Waals surface area contributed by atoms with Gasteiger partial charge in [-0.25, -0.2) is 0 Å². The molecule has 7 N–H and O–H groups in total. The van der Waals surface area contributed by atoms with Gasteiger partial charge in [0.1, 0.15) is 36.3 Å². The van der Waals surface area contributed by atoms with Crippen LogP contribution in [0.3, 0.4) is 0 Å². The first kappa shape index (κ1) is 51.8. The van der Waals surface area contributed by atoms with Gasteiger partial charge in [-0.1, -0.05) is 162 Å². The fraction of sp³-hybridized carbons (Fsp3) is 0.955. The number of amides is 1. The number of ketones is 1. The molecule has 0 radical (unpaired) electrons. The average molecular weight is 788 g/mol. The summed E-state index contributed by atoms with van der Waals surface area (Å²) in [7, 11) is 0. The van der Waals surface area contributed by atoms with Crippen LogP contribution >= 0.6 is 0 Å². The number of nitrogens with one attached hydrogen (secondary N) is 1. The molecule has 326 valence electrons. The first-order chi connectivity index (χ1) is 26.7. The first-order valence-corrected chi connectivity index (χ1v) is 22.7. The van der Waals surface area contributed by atoms with Crippen molar-refractivity contribution in [2.75, 3.05) is 13.2 Å². The van der Waals surface area contributed by atoms with Crippen LogP contribution < -0.4 is 5.32 Å². The molecule has 0 saturated carbocycles. The summed E-state index contributed by atoms with van der Waals surface area (Å²) in [5.74, 6) is 0.0944. The van der Waals surface area contributed by atoms with Crippen molar-refractivity contribution in [1.29, 1.82) is 0 Å². The zero-order valence-corrected chi connectivity index (χ0v) is 35.1. The van der Waals surface area contributed by atoms with Crippen LogP contribution in [0.1, 0.15) is 206 Å². The number of carbonyl (C=O) groups excluding carboxylic acids is 2. The van der Waals surface area contributed by atoms with Gasteiger partial charge in [0.05, 0.1) is 25.4 Å². The molecule has 1 fully saturated rings. The smallest absolute Gasteiger partial charge is 0.220 e. The van der Waals surface area contributed by atoms with E-state index in [1.165, 1.54) is 83.5 Å². The maximum atomic E-state index is 13.0. The number of hydrogen-bond acceptors (Lipinski definition) is 10. The highest BCUT2D eigenvalue weighted by molar-refractivity contribution is 5.78. The highest BCUT2D eigenvalue weighted by atomic mass is 16.7. The highest BCUT2D eigenvalue weighted by Crippen LogP contribution is 2.23. The Hall–Kier alpha value is -1.18. The van der Waals surface area contributed by atoms with Gasteiger partial charge in [-0.2, -0.15) is 0 Å². The topological polar surface area (TPSA) is 186 Å². The number of unbranched alkanes of at least 4 members (excludes halogenated alkanes) is 23. The number of Topliss-reactive ketones (excluding diaryl/α,β-unsaturated/α-hetero) is 1. The normalized spacial score (nSPS) is 21.7. The summed E-state index contributed by atoms with van der Waals surface area (Å²) < 4.78 is 11.1. The minimum Gasteiger partial charge on any atom is -0.394 e. The van der Waals surface area contributed by atoms with Crippen LogP contribution in [0.25, 0.3) is 0 Å². The van der Waals surface area contributed by atoms with Gasteiger partial charge in [-0.3, -0.25) is 9.59 Å². The second kappa shape index (κ2) is 34.8. The van der Waals surface area contributed by atoms with Crippen molar-refractivity contribution in [1.82, 2.24) is 5.32 Å². The summed E-state index contributed by atoms with van der Waals surface area (Å²) in [5.41, 5.74) is 0. The molecule has 1 heterocycles. The number of aliphatic hydroxyl groups excluding tert-OH is 6. The first-order valence-electron chi connectivity index (χ1n) is 22.7. The molecule has 0 aromatic rings. The fourth-order valence-corrected chi connectivity index (χ4v) is 7.44.